The summed E-state index contributed by atoms with van der Waals surface area (Å²) in [5.41, 5.74) is -1.10. The zero-order valence-electron chi connectivity index (χ0n) is 14.6. The number of halogens is 5. The third kappa shape index (κ3) is 5.21. The number of rotatable bonds is 6. The van der Waals surface area contributed by atoms with Crippen LogP contribution in [0.5, 0.6) is 0 Å². The maximum Gasteiger partial charge on any atom is 0.461 e. The first-order valence-corrected chi connectivity index (χ1v) is 10.3. The summed E-state index contributed by atoms with van der Waals surface area (Å²) in [6.45, 7) is 2.09. The zero-order chi connectivity index (χ0) is 20.3. The van der Waals surface area contributed by atoms with Crippen molar-refractivity contribution in [3.8, 4) is 22.6 Å². The minimum absolute atomic E-state index is 0.227. The summed E-state index contributed by atoms with van der Waals surface area (Å²) in [5, 5.41) is 0.285. The predicted octanol–water partition coefficient (Wildman–Crippen LogP) is 7.09. The summed E-state index contributed by atoms with van der Waals surface area (Å²) in [7, 11) is 0. The van der Waals surface area contributed by atoms with Crippen LogP contribution in [-0.2, 0) is 6.42 Å². The lowest BCUT2D eigenvalue weighted by Crippen LogP contribution is -2.05. The molecule has 28 heavy (non-hydrogen) atoms. The van der Waals surface area contributed by atoms with E-state index in [0.717, 1.165) is 24.1 Å². The number of pyridine rings is 1. The number of aromatic nitrogens is 3. The Morgan fingerprint density at radius 3 is 2.79 bits per heavy atom. The van der Waals surface area contributed by atoms with E-state index >= 15 is 0 Å². The molecule has 2 heterocycles. The van der Waals surface area contributed by atoms with Crippen molar-refractivity contribution >= 4 is 45.2 Å². The van der Waals surface area contributed by atoms with Crippen LogP contribution < -0.4 is 4.72 Å². The maximum atomic E-state index is 12.4. The highest BCUT2D eigenvalue weighted by molar-refractivity contribution is 9.10. The highest BCUT2D eigenvalue weighted by Gasteiger charge is 2.29. The van der Waals surface area contributed by atoms with E-state index in [9.17, 15) is 13.2 Å². The molecule has 148 valence electrons. The molecule has 0 saturated heterocycles. The Kier molecular flexibility index (Phi) is 6.57. The van der Waals surface area contributed by atoms with Crippen LogP contribution >= 0.6 is 39.5 Å². The lowest BCUT2D eigenvalue weighted by molar-refractivity contribution is -0.0323. The van der Waals surface area contributed by atoms with E-state index in [1.165, 1.54) is 6.07 Å². The van der Waals surface area contributed by atoms with Gasteiger partial charge in [0.2, 0.25) is 0 Å². The van der Waals surface area contributed by atoms with Crippen molar-refractivity contribution in [3.05, 3.63) is 51.8 Å². The number of alkyl halides is 3. The fraction of sp³-hybridized carbons (Fsp3) is 0.222. The Hall–Kier alpha value is -1.71. The predicted molar refractivity (Wildman–Crippen MR) is 111 cm³/mol. The Morgan fingerprint density at radius 1 is 1.29 bits per heavy atom. The van der Waals surface area contributed by atoms with Gasteiger partial charge in [0.05, 0.1) is 28.4 Å². The Labute approximate surface area is 177 Å². The van der Waals surface area contributed by atoms with E-state index in [1.54, 1.807) is 18.5 Å². The van der Waals surface area contributed by atoms with Crippen LogP contribution in [0.3, 0.4) is 0 Å². The van der Waals surface area contributed by atoms with Crippen LogP contribution in [0.1, 0.15) is 19.0 Å². The van der Waals surface area contributed by atoms with Crippen molar-refractivity contribution in [1.82, 2.24) is 15.0 Å². The van der Waals surface area contributed by atoms with Crippen molar-refractivity contribution in [3.63, 3.8) is 0 Å². The molecule has 10 heteroatoms. The van der Waals surface area contributed by atoms with Crippen LogP contribution in [0.25, 0.3) is 22.6 Å². The first-order valence-electron chi connectivity index (χ1n) is 8.27. The van der Waals surface area contributed by atoms with E-state index in [-0.39, 0.29) is 22.7 Å². The number of imidazole rings is 1. The second-order valence-electron chi connectivity index (χ2n) is 5.88. The van der Waals surface area contributed by atoms with Crippen LogP contribution in [0.4, 0.5) is 18.9 Å². The Bertz CT molecular complexity index is 978. The molecular formula is C18H15BrClF3N4S. The molecule has 0 aliphatic rings. The van der Waals surface area contributed by atoms with Crippen LogP contribution in [0.2, 0.25) is 5.02 Å². The van der Waals surface area contributed by atoms with E-state index in [4.69, 9.17) is 11.6 Å². The smallest absolute Gasteiger partial charge is 0.344 e. The zero-order valence-corrected chi connectivity index (χ0v) is 17.7. The van der Waals surface area contributed by atoms with Gasteiger partial charge in [-0.25, -0.2) is 4.98 Å². The summed E-state index contributed by atoms with van der Waals surface area (Å²) < 4.78 is 39.9. The number of nitrogens with one attached hydrogen (secondary N) is 2. The minimum atomic E-state index is -4.40. The highest BCUT2D eigenvalue weighted by atomic mass is 79.9. The molecule has 2 aromatic heterocycles. The molecule has 0 atom stereocenters. The molecule has 0 bridgehead atoms. The second-order valence-corrected chi connectivity index (χ2v) is 8.01. The number of nitrogens with zero attached hydrogens (tertiary/aromatic N) is 2. The summed E-state index contributed by atoms with van der Waals surface area (Å²) >= 11 is 9.22. The summed E-state index contributed by atoms with van der Waals surface area (Å²) in [5.74, 6) is 0.664. The Morgan fingerprint density at radius 2 is 2.07 bits per heavy atom. The summed E-state index contributed by atoms with van der Waals surface area (Å²) in [4.78, 5) is 12.0. The van der Waals surface area contributed by atoms with E-state index < -0.39 is 5.51 Å². The van der Waals surface area contributed by atoms with Gasteiger partial charge in [-0.2, -0.15) is 13.2 Å². The minimum Gasteiger partial charge on any atom is -0.344 e. The number of aryl methyl sites for hydroxylation is 1. The van der Waals surface area contributed by atoms with Gasteiger partial charge in [-0.1, -0.05) is 24.9 Å². The third-order valence-corrected chi connectivity index (χ3v) is 5.31. The van der Waals surface area contributed by atoms with E-state index in [1.807, 2.05) is 12.1 Å². The van der Waals surface area contributed by atoms with Crippen molar-refractivity contribution in [1.29, 1.82) is 0 Å². The Balaban J connectivity index is 1.87. The SMILES string of the molecule is CCCc1cc(-c2nc(-c3cc(Br)c(NSC(F)(F)F)cc3Cl)c[nH]2)ccn1. The first-order chi connectivity index (χ1) is 13.3. The van der Waals surface area contributed by atoms with Crippen molar-refractivity contribution in [2.75, 3.05) is 4.72 Å². The van der Waals surface area contributed by atoms with Crippen molar-refractivity contribution < 1.29 is 13.2 Å². The fourth-order valence-corrected chi connectivity index (χ4v) is 3.79. The molecule has 3 aromatic rings. The lowest BCUT2D eigenvalue weighted by atomic mass is 10.1. The second kappa shape index (κ2) is 8.75. The molecule has 0 spiro atoms. The molecule has 4 nitrogen and oxygen atoms in total. The molecule has 0 aliphatic heterocycles. The molecule has 0 amide bonds. The standard InChI is InChI=1S/C18H15BrClF3N4S/c1-2-3-11-6-10(4-5-24-11)17-25-9-16(26-17)12-7-13(19)15(8-14(12)20)27-28-18(21,22)23/h4-9,27H,2-3H2,1H3,(H,25,26). The molecule has 1 aromatic carbocycles. The quantitative estimate of drug-likeness (QED) is 0.362. The molecule has 0 saturated carbocycles. The van der Waals surface area contributed by atoms with Crippen LogP contribution in [0, 0.1) is 0 Å². The van der Waals surface area contributed by atoms with E-state index in [2.05, 4.69) is 42.5 Å². The summed E-state index contributed by atoms with van der Waals surface area (Å²) in [6.07, 6.45) is 5.33. The highest BCUT2D eigenvalue weighted by Crippen LogP contribution is 2.39. The van der Waals surface area contributed by atoms with Gasteiger partial charge < -0.3 is 9.71 Å². The number of hydrogen-bond donors (Lipinski definition) is 2. The number of benzene rings is 1. The number of anilines is 1. The average Bonchev–Trinajstić information content (AvgIpc) is 3.12. The average molecular weight is 492 g/mol. The van der Waals surface area contributed by atoms with Crippen LogP contribution in [-0.4, -0.2) is 20.5 Å². The molecule has 0 radical (unpaired) electrons. The van der Waals surface area contributed by atoms with Gasteiger partial charge in [-0.05, 0) is 46.6 Å². The summed E-state index contributed by atoms with van der Waals surface area (Å²) in [6, 6.07) is 6.90. The maximum absolute atomic E-state index is 12.4. The van der Waals surface area contributed by atoms with Gasteiger partial charge in [0.1, 0.15) is 5.82 Å². The van der Waals surface area contributed by atoms with Gasteiger partial charge in [-0.3, -0.25) is 4.98 Å². The van der Waals surface area contributed by atoms with Gasteiger partial charge in [0, 0.05) is 33.7 Å². The van der Waals surface area contributed by atoms with Gasteiger partial charge in [-0.15, -0.1) is 0 Å². The molecule has 0 fully saturated rings. The molecule has 2 N–H and O–H groups in total. The number of H-pyrrole nitrogens is 1. The van der Waals surface area contributed by atoms with Crippen molar-refractivity contribution in [2.24, 2.45) is 0 Å². The third-order valence-electron chi connectivity index (χ3n) is 3.78. The normalized spacial score (nSPS) is 11.6. The lowest BCUT2D eigenvalue weighted by Gasteiger charge is -2.12. The van der Waals surface area contributed by atoms with Gasteiger partial charge in [0.15, 0.2) is 0 Å². The topological polar surface area (TPSA) is 53.6 Å². The molecule has 0 aliphatic carbocycles. The fourth-order valence-electron chi connectivity index (χ4n) is 2.56. The number of aromatic amines is 1. The largest absolute Gasteiger partial charge is 0.461 e. The molecule has 0 unspecified atom stereocenters. The monoisotopic (exact) mass is 490 g/mol. The van der Waals surface area contributed by atoms with E-state index in [0.29, 0.717) is 21.6 Å². The van der Waals surface area contributed by atoms with Gasteiger partial charge in [0.25, 0.3) is 0 Å². The first kappa shape index (κ1) is 21.0. The van der Waals surface area contributed by atoms with Crippen molar-refractivity contribution in [2.45, 2.75) is 25.3 Å². The molecular weight excluding hydrogens is 477 g/mol. The number of hydrogen-bond acceptors (Lipinski definition) is 4. The molecule has 3 rings (SSSR count). The van der Waals surface area contributed by atoms with Gasteiger partial charge >= 0.3 is 5.51 Å². The van der Waals surface area contributed by atoms with Crippen LogP contribution in [0.15, 0.2) is 41.1 Å².